The average molecular weight is 416 g/mol. The van der Waals surface area contributed by atoms with Crippen molar-refractivity contribution in [2.24, 2.45) is 0 Å². The molecule has 0 aromatic heterocycles. The fourth-order valence-corrected chi connectivity index (χ4v) is 3.46. The smallest absolute Gasteiger partial charge is 0.341 e. The number of carbonyl (C=O) groups is 2. The third-order valence-electron chi connectivity index (χ3n) is 5.07. The fourth-order valence-electron chi connectivity index (χ4n) is 3.46. The number of rotatable bonds is 6. The van der Waals surface area contributed by atoms with Gasteiger partial charge < -0.3 is 19.7 Å². The molecule has 0 saturated carbocycles. The molecule has 1 aliphatic heterocycles. The zero-order valence-corrected chi connectivity index (χ0v) is 17.1. The highest BCUT2D eigenvalue weighted by Gasteiger charge is 2.31. The molecule has 1 saturated heterocycles. The van der Waals surface area contributed by atoms with Crippen LogP contribution >= 0.6 is 0 Å². The average Bonchev–Trinajstić information content (AvgIpc) is 2.84. The highest BCUT2D eigenvalue weighted by molar-refractivity contribution is 5.98. The van der Waals surface area contributed by atoms with Crippen LogP contribution in [0.3, 0.4) is 0 Å². The summed E-state index contributed by atoms with van der Waals surface area (Å²) in [5.74, 6) is -0.800. The van der Waals surface area contributed by atoms with Crippen molar-refractivity contribution in [3.05, 3.63) is 96.1 Å². The molecule has 0 spiro atoms. The molecule has 3 aromatic rings. The first-order chi connectivity index (χ1) is 15.2. The number of esters is 1. The van der Waals surface area contributed by atoms with Crippen LogP contribution in [0, 0.1) is 0 Å². The summed E-state index contributed by atoms with van der Waals surface area (Å²) in [5, 5.41) is 3.25. The van der Waals surface area contributed by atoms with Crippen LogP contribution in [0.4, 0.5) is 11.4 Å². The molecule has 1 atom stereocenters. The van der Waals surface area contributed by atoms with Crippen LogP contribution < -0.4 is 5.32 Å². The van der Waals surface area contributed by atoms with Crippen LogP contribution in [0.5, 0.6) is 0 Å². The lowest BCUT2D eigenvalue weighted by atomic mass is 10.1. The second-order valence-electron chi connectivity index (χ2n) is 7.17. The van der Waals surface area contributed by atoms with Gasteiger partial charge in [-0.25, -0.2) is 4.79 Å². The molecule has 1 aliphatic rings. The minimum Gasteiger partial charge on any atom is -0.444 e. The minimum absolute atomic E-state index is 0.239. The third kappa shape index (κ3) is 5.10. The number of hydrogen-bond acceptors (Lipinski definition) is 5. The van der Waals surface area contributed by atoms with Gasteiger partial charge in [0.25, 0.3) is 5.91 Å². The lowest BCUT2D eigenvalue weighted by molar-refractivity contribution is -0.145. The highest BCUT2D eigenvalue weighted by atomic mass is 16.5. The predicted molar refractivity (Wildman–Crippen MR) is 118 cm³/mol. The number of anilines is 2. The zero-order chi connectivity index (χ0) is 21.5. The number of carbonyl (C=O) groups excluding carboxylic acids is 2. The van der Waals surface area contributed by atoms with Crippen molar-refractivity contribution in [3.63, 3.8) is 0 Å². The Morgan fingerprint density at radius 2 is 1.45 bits per heavy atom. The second kappa shape index (κ2) is 9.91. The Morgan fingerprint density at radius 3 is 2.16 bits per heavy atom. The maximum atomic E-state index is 13.2. The van der Waals surface area contributed by atoms with Gasteiger partial charge in [0.1, 0.15) is 0 Å². The molecule has 1 heterocycles. The summed E-state index contributed by atoms with van der Waals surface area (Å²) in [6.07, 6.45) is -1.02. The van der Waals surface area contributed by atoms with Gasteiger partial charge in [0.15, 0.2) is 0 Å². The number of nitrogens with zero attached hydrogens (tertiary/aromatic N) is 1. The summed E-state index contributed by atoms with van der Waals surface area (Å²) in [6.45, 7) is 1.91. The summed E-state index contributed by atoms with van der Waals surface area (Å²) in [4.78, 5) is 28.1. The van der Waals surface area contributed by atoms with Crippen LogP contribution in [0.2, 0.25) is 0 Å². The van der Waals surface area contributed by atoms with E-state index in [9.17, 15) is 9.59 Å². The number of morpholine rings is 1. The van der Waals surface area contributed by atoms with Crippen molar-refractivity contribution < 1.29 is 19.1 Å². The van der Waals surface area contributed by atoms with Gasteiger partial charge in [-0.3, -0.25) is 4.79 Å². The van der Waals surface area contributed by atoms with Crippen LogP contribution in [0.15, 0.2) is 84.9 Å². The third-order valence-corrected chi connectivity index (χ3v) is 5.07. The van der Waals surface area contributed by atoms with E-state index >= 15 is 0 Å². The molecule has 1 N–H and O–H groups in total. The summed E-state index contributed by atoms with van der Waals surface area (Å²) in [5.41, 5.74) is 2.47. The predicted octanol–water partition coefficient (Wildman–Crippen LogP) is 4.19. The lowest BCUT2D eigenvalue weighted by Gasteiger charge is -2.30. The van der Waals surface area contributed by atoms with Crippen LogP contribution in [0.25, 0.3) is 0 Å². The molecule has 0 aliphatic carbocycles. The van der Waals surface area contributed by atoms with Gasteiger partial charge in [0.05, 0.1) is 24.5 Å². The van der Waals surface area contributed by atoms with Gasteiger partial charge in [0, 0.05) is 24.3 Å². The van der Waals surface area contributed by atoms with Gasteiger partial charge in [-0.15, -0.1) is 0 Å². The van der Waals surface area contributed by atoms with Gasteiger partial charge in [-0.1, -0.05) is 60.7 Å². The molecular formula is C25H24N2O4. The molecule has 4 rings (SSSR count). The van der Waals surface area contributed by atoms with Crippen LogP contribution in [-0.4, -0.2) is 43.1 Å². The Hall–Kier alpha value is -3.64. The molecular weight excluding hydrogens is 392 g/mol. The quantitative estimate of drug-likeness (QED) is 0.611. The van der Waals surface area contributed by atoms with E-state index in [1.54, 1.807) is 29.2 Å². The first kappa shape index (κ1) is 20.6. The van der Waals surface area contributed by atoms with Gasteiger partial charge >= 0.3 is 5.97 Å². The van der Waals surface area contributed by atoms with E-state index in [2.05, 4.69) is 5.32 Å². The maximum Gasteiger partial charge on any atom is 0.341 e. The van der Waals surface area contributed by atoms with Crippen molar-refractivity contribution in [1.82, 2.24) is 4.90 Å². The summed E-state index contributed by atoms with van der Waals surface area (Å²) in [7, 11) is 0. The van der Waals surface area contributed by atoms with Crippen LogP contribution in [0.1, 0.15) is 22.0 Å². The van der Waals surface area contributed by atoms with Crippen molar-refractivity contribution in [2.45, 2.75) is 6.10 Å². The molecule has 1 amide bonds. The fraction of sp³-hybridized carbons (Fsp3) is 0.200. The first-order valence-electron chi connectivity index (χ1n) is 10.3. The Bertz CT molecular complexity index is 1020. The van der Waals surface area contributed by atoms with E-state index in [0.29, 0.717) is 43.1 Å². The van der Waals surface area contributed by atoms with E-state index < -0.39 is 12.1 Å². The minimum atomic E-state index is -1.02. The Morgan fingerprint density at radius 1 is 0.839 bits per heavy atom. The maximum absolute atomic E-state index is 13.2. The number of nitrogens with one attached hydrogen (secondary N) is 1. The van der Waals surface area contributed by atoms with Crippen molar-refractivity contribution >= 4 is 23.3 Å². The molecule has 3 aromatic carbocycles. The molecule has 6 nitrogen and oxygen atoms in total. The lowest BCUT2D eigenvalue weighted by Crippen LogP contribution is -2.44. The molecule has 1 fully saturated rings. The molecule has 0 unspecified atom stereocenters. The van der Waals surface area contributed by atoms with E-state index in [1.165, 1.54) is 0 Å². The summed E-state index contributed by atoms with van der Waals surface area (Å²) in [6, 6.07) is 25.8. The molecule has 158 valence electrons. The standard InChI is InChI=1S/C25H24N2O4/c28-24(27-15-17-30-18-16-27)23(19-9-3-1-4-10-19)31-25(29)21-13-7-8-14-22(21)26-20-11-5-2-6-12-20/h1-14,23,26H,15-18H2/t23-/m0/s1. The SMILES string of the molecule is O=C(O[C@H](C(=O)N1CCOCC1)c1ccccc1)c1ccccc1Nc1ccccc1. The van der Waals surface area contributed by atoms with Crippen molar-refractivity contribution in [2.75, 3.05) is 31.6 Å². The number of benzene rings is 3. The van der Waals surface area contributed by atoms with E-state index in [0.717, 1.165) is 5.69 Å². The monoisotopic (exact) mass is 416 g/mol. The Labute approximate surface area is 181 Å². The van der Waals surface area contributed by atoms with Gasteiger partial charge in [0.2, 0.25) is 6.10 Å². The molecule has 0 bridgehead atoms. The van der Waals surface area contributed by atoms with Crippen LogP contribution in [-0.2, 0) is 14.3 Å². The number of hydrogen-bond donors (Lipinski definition) is 1. The second-order valence-corrected chi connectivity index (χ2v) is 7.17. The van der Waals surface area contributed by atoms with Gasteiger partial charge in [-0.05, 0) is 24.3 Å². The van der Waals surface area contributed by atoms with E-state index in [4.69, 9.17) is 9.47 Å². The summed E-state index contributed by atoms with van der Waals surface area (Å²) >= 11 is 0. The number of para-hydroxylation sites is 2. The largest absolute Gasteiger partial charge is 0.444 e. The normalized spacial score (nSPS) is 14.5. The molecule has 31 heavy (non-hydrogen) atoms. The first-order valence-corrected chi connectivity index (χ1v) is 10.3. The number of amides is 1. The topological polar surface area (TPSA) is 67.9 Å². The Kier molecular flexibility index (Phi) is 6.59. The molecule has 0 radical (unpaired) electrons. The van der Waals surface area contributed by atoms with Crippen molar-refractivity contribution in [3.8, 4) is 0 Å². The van der Waals surface area contributed by atoms with Crippen molar-refractivity contribution in [1.29, 1.82) is 0 Å². The van der Waals surface area contributed by atoms with E-state index in [1.807, 2.05) is 60.7 Å². The molecule has 6 heteroatoms. The highest BCUT2D eigenvalue weighted by Crippen LogP contribution is 2.26. The Balaban J connectivity index is 1.59. The van der Waals surface area contributed by atoms with Gasteiger partial charge in [-0.2, -0.15) is 0 Å². The number of ether oxygens (including phenoxy) is 2. The summed E-state index contributed by atoms with van der Waals surface area (Å²) < 4.78 is 11.2. The zero-order valence-electron chi connectivity index (χ0n) is 17.1. The van der Waals surface area contributed by atoms with E-state index in [-0.39, 0.29) is 5.91 Å².